The van der Waals surface area contributed by atoms with Crippen molar-refractivity contribution in [3.8, 4) is 0 Å². The summed E-state index contributed by atoms with van der Waals surface area (Å²) >= 11 is 3.17. The van der Waals surface area contributed by atoms with Crippen molar-refractivity contribution in [2.45, 2.75) is 18.2 Å². The van der Waals surface area contributed by atoms with E-state index in [0.717, 1.165) is 0 Å². The second-order valence-electron chi connectivity index (χ2n) is 4.15. The average Bonchev–Trinajstić information content (AvgIpc) is 2.30. The summed E-state index contributed by atoms with van der Waals surface area (Å²) < 4.78 is 47.9. The van der Waals surface area contributed by atoms with Crippen LogP contribution in [0.4, 0.5) is 5.69 Å². The molecule has 0 unspecified atom stereocenters. The third kappa shape index (κ3) is 4.77. The molecule has 0 heterocycles. The SMILES string of the molecule is CCCS(=O)(=O)CCS(=O)(=O)c1cc(Br)ccc1N. The van der Waals surface area contributed by atoms with Crippen LogP contribution in [0.5, 0.6) is 0 Å². The number of hydrogen-bond donors (Lipinski definition) is 1. The van der Waals surface area contributed by atoms with Crippen LogP contribution in [-0.2, 0) is 19.7 Å². The summed E-state index contributed by atoms with van der Waals surface area (Å²) in [5, 5.41) is 0. The van der Waals surface area contributed by atoms with Gasteiger partial charge in [0.1, 0.15) is 0 Å². The van der Waals surface area contributed by atoms with E-state index in [0.29, 0.717) is 10.9 Å². The molecule has 0 spiro atoms. The number of nitrogens with two attached hydrogens (primary N) is 1. The lowest BCUT2D eigenvalue weighted by molar-refractivity contribution is 0.587. The predicted octanol–water partition coefficient (Wildman–Crippen LogP) is 1.63. The fourth-order valence-corrected chi connectivity index (χ4v) is 5.72. The Kier molecular flexibility index (Phi) is 5.40. The Morgan fingerprint density at radius 3 is 2.32 bits per heavy atom. The number of anilines is 1. The third-order valence-electron chi connectivity index (χ3n) is 2.49. The summed E-state index contributed by atoms with van der Waals surface area (Å²) in [6, 6.07) is 4.48. The quantitative estimate of drug-likeness (QED) is 0.768. The molecule has 0 aliphatic heterocycles. The molecule has 0 radical (unpaired) electrons. The molecular weight excluding hydrogens is 354 g/mol. The van der Waals surface area contributed by atoms with Crippen LogP contribution in [-0.4, -0.2) is 34.1 Å². The van der Waals surface area contributed by atoms with Crippen LogP contribution in [0.3, 0.4) is 0 Å². The first-order valence-electron chi connectivity index (χ1n) is 5.66. The van der Waals surface area contributed by atoms with E-state index in [1.807, 2.05) is 0 Å². The van der Waals surface area contributed by atoms with E-state index < -0.39 is 25.4 Å². The highest BCUT2D eigenvalue weighted by Crippen LogP contribution is 2.24. The van der Waals surface area contributed by atoms with Crippen LogP contribution in [0.25, 0.3) is 0 Å². The van der Waals surface area contributed by atoms with Gasteiger partial charge in [-0.25, -0.2) is 16.8 Å². The Hall–Kier alpha value is -0.600. The molecule has 2 N–H and O–H groups in total. The van der Waals surface area contributed by atoms with Crippen molar-refractivity contribution >= 4 is 41.3 Å². The van der Waals surface area contributed by atoms with Crippen molar-refractivity contribution in [1.29, 1.82) is 0 Å². The van der Waals surface area contributed by atoms with Crippen LogP contribution in [0, 0.1) is 0 Å². The molecule has 108 valence electrons. The molecule has 0 amide bonds. The Labute approximate surface area is 122 Å². The minimum Gasteiger partial charge on any atom is -0.398 e. The first kappa shape index (κ1) is 16.5. The first-order valence-corrected chi connectivity index (χ1v) is 9.93. The molecule has 1 aromatic rings. The lowest BCUT2D eigenvalue weighted by Crippen LogP contribution is -2.20. The molecule has 0 saturated carbocycles. The van der Waals surface area contributed by atoms with Gasteiger partial charge < -0.3 is 5.73 Å². The van der Waals surface area contributed by atoms with E-state index >= 15 is 0 Å². The molecule has 0 aliphatic rings. The highest BCUT2D eigenvalue weighted by atomic mass is 79.9. The van der Waals surface area contributed by atoms with Gasteiger partial charge in [0.25, 0.3) is 0 Å². The van der Waals surface area contributed by atoms with E-state index in [1.54, 1.807) is 13.0 Å². The van der Waals surface area contributed by atoms with Gasteiger partial charge in [-0.15, -0.1) is 0 Å². The fraction of sp³-hybridized carbons (Fsp3) is 0.455. The Morgan fingerprint density at radius 2 is 1.74 bits per heavy atom. The monoisotopic (exact) mass is 369 g/mol. The summed E-state index contributed by atoms with van der Waals surface area (Å²) in [6.45, 7) is 1.73. The van der Waals surface area contributed by atoms with Gasteiger partial charge in [-0.3, -0.25) is 0 Å². The summed E-state index contributed by atoms with van der Waals surface area (Å²) in [5.41, 5.74) is 5.75. The predicted molar refractivity (Wildman–Crippen MR) is 79.6 cm³/mol. The molecule has 19 heavy (non-hydrogen) atoms. The zero-order valence-corrected chi connectivity index (χ0v) is 13.7. The number of benzene rings is 1. The third-order valence-corrected chi connectivity index (χ3v) is 6.86. The lowest BCUT2D eigenvalue weighted by Gasteiger charge is -2.08. The van der Waals surface area contributed by atoms with Gasteiger partial charge in [0, 0.05) is 10.2 Å². The van der Waals surface area contributed by atoms with Gasteiger partial charge in [-0.1, -0.05) is 22.9 Å². The lowest BCUT2D eigenvalue weighted by atomic mass is 10.3. The van der Waals surface area contributed by atoms with E-state index in [9.17, 15) is 16.8 Å². The molecular formula is C11H16BrNO4S2. The fourth-order valence-electron chi connectivity index (χ4n) is 1.54. The Morgan fingerprint density at radius 1 is 1.11 bits per heavy atom. The second kappa shape index (κ2) is 6.23. The zero-order chi connectivity index (χ0) is 14.7. The van der Waals surface area contributed by atoms with E-state index in [4.69, 9.17) is 5.73 Å². The highest BCUT2D eigenvalue weighted by Gasteiger charge is 2.21. The molecule has 1 rings (SSSR count). The van der Waals surface area contributed by atoms with Crippen molar-refractivity contribution < 1.29 is 16.8 Å². The van der Waals surface area contributed by atoms with Gasteiger partial charge in [0.15, 0.2) is 19.7 Å². The Balaban J connectivity index is 2.97. The summed E-state index contributed by atoms with van der Waals surface area (Å²) in [5.74, 6) is -0.832. The molecule has 0 bridgehead atoms. The molecule has 1 aromatic carbocycles. The number of hydrogen-bond acceptors (Lipinski definition) is 5. The topological polar surface area (TPSA) is 94.3 Å². The van der Waals surface area contributed by atoms with Gasteiger partial charge in [-0.05, 0) is 24.6 Å². The second-order valence-corrected chi connectivity index (χ2v) is 9.45. The van der Waals surface area contributed by atoms with Crippen molar-refractivity contribution in [2.24, 2.45) is 0 Å². The van der Waals surface area contributed by atoms with Gasteiger partial charge >= 0.3 is 0 Å². The van der Waals surface area contributed by atoms with Crippen molar-refractivity contribution in [1.82, 2.24) is 0 Å². The van der Waals surface area contributed by atoms with Gasteiger partial charge in [0.2, 0.25) is 0 Å². The molecule has 8 heteroatoms. The number of sulfone groups is 2. The van der Waals surface area contributed by atoms with Crippen LogP contribution in [0.15, 0.2) is 27.6 Å². The maximum atomic E-state index is 12.1. The van der Waals surface area contributed by atoms with Crippen molar-refractivity contribution in [2.75, 3.05) is 23.0 Å². The smallest absolute Gasteiger partial charge is 0.181 e. The summed E-state index contributed by atoms with van der Waals surface area (Å²) in [6.07, 6.45) is 0.474. The highest BCUT2D eigenvalue weighted by molar-refractivity contribution is 9.10. The molecule has 0 atom stereocenters. The van der Waals surface area contributed by atoms with Crippen molar-refractivity contribution in [3.63, 3.8) is 0 Å². The van der Waals surface area contributed by atoms with E-state index in [2.05, 4.69) is 15.9 Å². The first-order chi connectivity index (χ1) is 8.68. The van der Waals surface area contributed by atoms with E-state index in [-0.39, 0.29) is 22.1 Å². The molecule has 0 aliphatic carbocycles. The largest absolute Gasteiger partial charge is 0.398 e. The maximum Gasteiger partial charge on any atom is 0.181 e. The standard InChI is InChI=1S/C11H16BrNO4S2/c1-2-5-18(14,15)6-7-19(16,17)11-8-9(12)3-4-10(11)13/h3-4,8H,2,5-7,13H2,1H3. The minimum absolute atomic E-state index is 0.00349. The summed E-state index contributed by atoms with van der Waals surface area (Å²) in [7, 11) is -7.03. The van der Waals surface area contributed by atoms with Crippen LogP contribution < -0.4 is 5.73 Å². The zero-order valence-electron chi connectivity index (χ0n) is 10.5. The summed E-state index contributed by atoms with van der Waals surface area (Å²) in [4.78, 5) is -0.0337. The van der Waals surface area contributed by atoms with E-state index in [1.165, 1.54) is 12.1 Å². The molecule has 5 nitrogen and oxygen atoms in total. The Bertz CT molecular complexity index is 653. The van der Waals surface area contributed by atoms with Gasteiger partial charge in [0.05, 0.1) is 22.1 Å². The number of rotatable bonds is 6. The minimum atomic E-state index is -3.70. The van der Waals surface area contributed by atoms with Crippen molar-refractivity contribution in [3.05, 3.63) is 22.7 Å². The molecule has 0 aromatic heterocycles. The van der Waals surface area contributed by atoms with Crippen LogP contribution in [0.2, 0.25) is 0 Å². The average molecular weight is 370 g/mol. The van der Waals surface area contributed by atoms with Crippen LogP contribution >= 0.6 is 15.9 Å². The molecule has 0 fully saturated rings. The van der Waals surface area contributed by atoms with Crippen LogP contribution in [0.1, 0.15) is 13.3 Å². The number of nitrogen functional groups attached to an aromatic ring is 1. The van der Waals surface area contributed by atoms with Gasteiger partial charge in [-0.2, -0.15) is 0 Å². The molecule has 0 saturated heterocycles. The number of halogens is 1. The maximum absolute atomic E-state index is 12.1. The normalized spacial score (nSPS) is 12.5.